The average molecular weight is 340 g/mol. The Hall–Kier alpha value is -3.33. The number of rotatable bonds is 2. The second-order valence-corrected chi connectivity index (χ2v) is 6.40. The minimum Gasteiger partial charge on any atom is -0.296 e. The van der Waals surface area contributed by atoms with Crippen LogP contribution in [0.5, 0.6) is 0 Å². The van der Waals surface area contributed by atoms with E-state index >= 15 is 0 Å². The standard InChI is InChI=1S/C23H20N2O/c1-24(21-15-7-11-17-9-3-5-13-19(17)21)23(26)25(2)22-16-8-12-18-10-4-6-14-20(18)22/h3-16H,1-2H3. The van der Waals surface area contributed by atoms with Gasteiger partial charge in [-0.05, 0) is 22.9 Å². The van der Waals surface area contributed by atoms with Crippen LogP contribution in [0, 0.1) is 0 Å². The van der Waals surface area contributed by atoms with E-state index in [-0.39, 0.29) is 6.03 Å². The third-order valence-electron chi connectivity index (χ3n) is 4.83. The molecule has 0 unspecified atom stereocenters. The Morgan fingerprint density at radius 2 is 0.962 bits per heavy atom. The van der Waals surface area contributed by atoms with Gasteiger partial charge in [0.15, 0.2) is 0 Å². The largest absolute Gasteiger partial charge is 0.328 e. The molecule has 0 aliphatic heterocycles. The Kier molecular flexibility index (Phi) is 4.05. The predicted octanol–water partition coefficient (Wildman–Crippen LogP) is 5.69. The molecule has 0 aliphatic carbocycles. The van der Waals surface area contributed by atoms with Gasteiger partial charge in [0.1, 0.15) is 0 Å². The highest BCUT2D eigenvalue weighted by Crippen LogP contribution is 2.30. The number of benzene rings is 4. The molecule has 0 radical (unpaired) electrons. The highest BCUT2D eigenvalue weighted by molar-refractivity contribution is 6.11. The molecule has 0 N–H and O–H groups in total. The average Bonchev–Trinajstić information content (AvgIpc) is 2.71. The molecular weight excluding hydrogens is 320 g/mol. The highest BCUT2D eigenvalue weighted by atomic mass is 16.2. The van der Waals surface area contributed by atoms with Gasteiger partial charge in [0, 0.05) is 24.9 Å². The lowest BCUT2D eigenvalue weighted by Gasteiger charge is -2.27. The molecule has 0 bridgehead atoms. The summed E-state index contributed by atoms with van der Waals surface area (Å²) in [7, 11) is 3.65. The van der Waals surface area contributed by atoms with E-state index in [1.54, 1.807) is 9.80 Å². The summed E-state index contributed by atoms with van der Waals surface area (Å²) < 4.78 is 0. The van der Waals surface area contributed by atoms with Gasteiger partial charge in [-0.25, -0.2) is 4.79 Å². The molecule has 26 heavy (non-hydrogen) atoms. The second-order valence-electron chi connectivity index (χ2n) is 6.40. The van der Waals surface area contributed by atoms with Gasteiger partial charge in [-0.15, -0.1) is 0 Å². The molecule has 3 heteroatoms. The van der Waals surface area contributed by atoms with Crippen LogP contribution in [0.3, 0.4) is 0 Å². The van der Waals surface area contributed by atoms with Crippen LogP contribution in [0.4, 0.5) is 16.2 Å². The fourth-order valence-electron chi connectivity index (χ4n) is 3.43. The Bertz CT molecular complexity index is 1010. The maximum Gasteiger partial charge on any atom is 0.328 e. The fraction of sp³-hybridized carbons (Fsp3) is 0.0870. The number of carbonyl (C=O) groups is 1. The molecule has 3 nitrogen and oxygen atoms in total. The first-order chi connectivity index (χ1) is 12.7. The van der Waals surface area contributed by atoms with Crippen molar-refractivity contribution >= 4 is 39.0 Å². The number of urea groups is 1. The maximum absolute atomic E-state index is 13.2. The molecule has 4 aromatic carbocycles. The van der Waals surface area contributed by atoms with E-state index in [4.69, 9.17) is 0 Å². The quantitative estimate of drug-likeness (QED) is 0.460. The van der Waals surface area contributed by atoms with Crippen molar-refractivity contribution in [3.8, 4) is 0 Å². The number of anilines is 2. The van der Waals surface area contributed by atoms with Gasteiger partial charge >= 0.3 is 6.03 Å². The molecule has 0 aliphatic rings. The molecule has 2 amide bonds. The topological polar surface area (TPSA) is 23.6 Å². The SMILES string of the molecule is CN(C(=O)N(C)c1cccc2ccccc12)c1cccc2ccccc12. The Labute approximate surface area is 153 Å². The fourth-order valence-corrected chi connectivity index (χ4v) is 3.43. The zero-order valence-corrected chi connectivity index (χ0v) is 14.9. The first-order valence-electron chi connectivity index (χ1n) is 8.64. The van der Waals surface area contributed by atoms with Crippen molar-refractivity contribution in [2.24, 2.45) is 0 Å². The molecule has 0 saturated heterocycles. The van der Waals surface area contributed by atoms with Gasteiger partial charge in [-0.3, -0.25) is 9.80 Å². The number of amides is 2. The van der Waals surface area contributed by atoms with E-state index in [1.807, 2.05) is 74.8 Å². The van der Waals surface area contributed by atoms with Crippen LogP contribution in [0.15, 0.2) is 84.9 Å². The van der Waals surface area contributed by atoms with Gasteiger partial charge in [0.05, 0.1) is 11.4 Å². The van der Waals surface area contributed by atoms with Gasteiger partial charge in [0.25, 0.3) is 0 Å². The van der Waals surface area contributed by atoms with Crippen molar-refractivity contribution in [3.63, 3.8) is 0 Å². The molecule has 128 valence electrons. The molecule has 4 rings (SSSR count). The Morgan fingerprint density at radius 3 is 1.42 bits per heavy atom. The van der Waals surface area contributed by atoms with Crippen molar-refractivity contribution in [1.29, 1.82) is 0 Å². The van der Waals surface area contributed by atoms with E-state index in [0.717, 1.165) is 32.9 Å². The molecule has 0 aromatic heterocycles. The molecular formula is C23H20N2O. The van der Waals surface area contributed by atoms with Crippen LogP contribution in [0.2, 0.25) is 0 Å². The third-order valence-corrected chi connectivity index (χ3v) is 4.83. The summed E-state index contributed by atoms with van der Waals surface area (Å²) in [6, 6.07) is 28.2. The molecule has 4 aromatic rings. The normalized spacial score (nSPS) is 10.8. The van der Waals surface area contributed by atoms with Crippen molar-refractivity contribution < 1.29 is 4.79 Å². The Morgan fingerprint density at radius 1 is 0.577 bits per heavy atom. The monoisotopic (exact) mass is 340 g/mol. The lowest BCUT2D eigenvalue weighted by atomic mass is 10.1. The van der Waals surface area contributed by atoms with E-state index in [1.165, 1.54) is 0 Å². The molecule has 0 spiro atoms. The number of nitrogens with zero attached hydrogens (tertiary/aromatic N) is 2. The van der Waals surface area contributed by atoms with Crippen LogP contribution in [0.25, 0.3) is 21.5 Å². The van der Waals surface area contributed by atoms with Crippen LogP contribution >= 0.6 is 0 Å². The van der Waals surface area contributed by atoms with Crippen molar-refractivity contribution in [3.05, 3.63) is 84.9 Å². The number of carbonyl (C=O) groups excluding carboxylic acids is 1. The summed E-state index contributed by atoms with van der Waals surface area (Å²) in [5.41, 5.74) is 1.81. The second kappa shape index (κ2) is 6.52. The van der Waals surface area contributed by atoms with Gasteiger partial charge in [0.2, 0.25) is 0 Å². The van der Waals surface area contributed by atoms with Gasteiger partial charge in [-0.2, -0.15) is 0 Å². The van der Waals surface area contributed by atoms with Crippen LogP contribution in [0.1, 0.15) is 0 Å². The highest BCUT2D eigenvalue weighted by Gasteiger charge is 2.20. The maximum atomic E-state index is 13.2. The number of hydrogen-bond donors (Lipinski definition) is 0. The summed E-state index contributed by atoms with van der Waals surface area (Å²) in [6.45, 7) is 0. The van der Waals surface area contributed by atoms with E-state index in [9.17, 15) is 4.79 Å². The van der Waals surface area contributed by atoms with E-state index < -0.39 is 0 Å². The Balaban J connectivity index is 1.74. The van der Waals surface area contributed by atoms with Crippen molar-refractivity contribution in [2.45, 2.75) is 0 Å². The summed E-state index contributed by atoms with van der Waals surface area (Å²) in [5.74, 6) is 0. The zero-order valence-electron chi connectivity index (χ0n) is 14.9. The first-order valence-corrected chi connectivity index (χ1v) is 8.64. The molecule has 0 fully saturated rings. The minimum atomic E-state index is -0.0716. The van der Waals surface area contributed by atoms with Crippen molar-refractivity contribution in [1.82, 2.24) is 0 Å². The third kappa shape index (κ3) is 2.68. The summed E-state index contributed by atoms with van der Waals surface area (Å²) in [4.78, 5) is 16.6. The van der Waals surface area contributed by atoms with E-state index in [2.05, 4.69) is 24.3 Å². The number of fused-ring (bicyclic) bond motifs is 2. The van der Waals surface area contributed by atoms with Crippen LogP contribution in [-0.2, 0) is 0 Å². The number of hydrogen-bond acceptors (Lipinski definition) is 1. The molecule has 0 atom stereocenters. The predicted molar refractivity (Wildman–Crippen MR) is 110 cm³/mol. The van der Waals surface area contributed by atoms with E-state index in [0.29, 0.717) is 0 Å². The minimum absolute atomic E-state index is 0.0716. The van der Waals surface area contributed by atoms with Crippen LogP contribution < -0.4 is 9.80 Å². The van der Waals surface area contributed by atoms with Crippen LogP contribution in [-0.4, -0.2) is 20.1 Å². The molecule has 0 saturated carbocycles. The molecule has 0 heterocycles. The summed E-state index contributed by atoms with van der Waals surface area (Å²) >= 11 is 0. The lowest BCUT2D eigenvalue weighted by Crippen LogP contribution is -2.39. The smallest absolute Gasteiger partial charge is 0.296 e. The zero-order chi connectivity index (χ0) is 18.1. The lowest BCUT2D eigenvalue weighted by molar-refractivity contribution is 0.254. The summed E-state index contributed by atoms with van der Waals surface area (Å²) in [6.07, 6.45) is 0. The van der Waals surface area contributed by atoms with Gasteiger partial charge < -0.3 is 0 Å². The van der Waals surface area contributed by atoms with Gasteiger partial charge in [-0.1, -0.05) is 72.8 Å². The van der Waals surface area contributed by atoms with Crippen molar-refractivity contribution in [2.75, 3.05) is 23.9 Å². The first kappa shape index (κ1) is 16.2. The summed E-state index contributed by atoms with van der Waals surface area (Å²) in [5, 5.41) is 4.38.